The van der Waals surface area contributed by atoms with Crippen LogP contribution in [0, 0.1) is 0 Å². The van der Waals surface area contributed by atoms with Crippen molar-refractivity contribution < 1.29 is 19.4 Å². The molecule has 0 unspecified atom stereocenters. The van der Waals surface area contributed by atoms with Gasteiger partial charge < -0.3 is 20.1 Å². The van der Waals surface area contributed by atoms with Crippen molar-refractivity contribution in [2.45, 2.75) is 6.42 Å². The van der Waals surface area contributed by atoms with Crippen molar-refractivity contribution in [3.63, 3.8) is 0 Å². The molecule has 19 heavy (non-hydrogen) atoms. The number of aliphatic carboxylic acids is 1. The lowest BCUT2D eigenvalue weighted by molar-refractivity contribution is -0.139. The maximum atomic E-state index is 11.2. The minimum absolute atomic E-state index is 0.541. The number of nitrogens with one attached hydrogen (secondary N) is 1. The van der Waals surface area contributed by atoms with Gasteiger partial charge in [0.25, 0.3) is 0 Å². The second kappa shape index (κ2) is 7.38. The number of carboxylic acid groups (broad SMARTS) is 1. The normalized spacial score (nSPS) is 10.3. The minimum atomic E-state index is -1.15. The zero-order chi connectivity index (χ0) is 14.3. The summed E-state index contributed by atoms with van der Waals surface area (Å²) in [7, 11) is 3.93. The molecule has 0 aliphatic rings. The molecule has 1 amide bonds. The Morgan fingerprint density at radius 1 is 1.26 bits per heavy atom. The molecule has 0 spiro atoms. The Kier molecular flexibility index (Phi) is 5.81. The maximum absolute atomic E-state index is 11.2. The zero-order valence-corrected chi connectivity index (χ0v) is 11.0. The van der Waals surface area contributed by atoms with Crippen LogP contribution in [-0.2, 0) is 9.59 Å². The summed E-state index contributed by atoms with van der Waals surface area (Å²) >= 11 is 0. The van der Waals surface area contributed by atoms with Gasteiger partial charge in [-0.2, -0.15) is 0 Å². The van der Waals surface area contributed by atoms with Crippen molar-refractivity contribution in [2.75, 3.05) is 32.6 Å². The summed E-state index contributed by atoms with van der Waals surface area (Å²) in [5.41, 5.74) is 0.547. The Hall–Kier alpha value is -2.08. The molecule has 0 radical (unpaired) electrons. The van der Waals surface area contributed by atoms with Gasteiger partial charge in [0.1, 0.15) is 18.8 Å². The molecule has 6 heteroatoms. The van der Waals surface area contributed by atoms with E-state index in [2.05, 4.69) is 5.32 Å². The molecule has 1 aromatic rings. The number of nitrogens with zero attached hydrogens (tertiary/aromatic N) is 1. The summed E-state index contributed by atoms with van der Waals surface area (Å²) in [5, 5.41) is 11.0. The van der Waals surface area contributed by atoms with E-state index in [0.717, 1.165) is 6.54 Å². The number of hydrogen-bond acceptors (Lipinski definition) is 4. The molecule has 0 aliphatic carbocycles. The molecular formula is C13H18N2O4. The van der Waals surface area contributed by atoms with E-state index in [-0.39, 0.29) is 0 Å². The number of ether oxygens (including phenoxy) is 1. The number of carbonyl (C=O) groups excluding carboxylic acids is 1. The smallest absolute Gasteiger partial charge is 0.312 e. The van der Waals surface area contributed by atoms with Crippen molar-refractivity contribution in [1.82, 2.24) is 4.90 Å². The number of likely N-dealkylation sites (N-methyl/N-ethyl adjacent to an activating group) is 1. The lowest BCUT2D eigenvalue weighted by atomic mass is 10.3. The first-order valence-corrected chi connectivity index (χ1v) is 5.86. The van der Waals surface area contributed by atoms with E-state index >= 15 is 0 Å². The summed E-state index contributed by atoms with van der Waals surface area (Å²) in [6.07, 6.45) is -0.541. The fraction of sp³-hybridized carbons (Fsp3) is 0.385. The third-order valence-corrected chi connectivity index (χ3v) is 2.26. The molecule has 6 nitrogen and oxygen atoms in total. The topological polar surface area (TPSA) is 78.9 Å². The number of carbonyl (C=O) groups is 2. The molecule has 0 saturated carbocycles. The van der Waals surface area contributed by atoms with Crippen LogP contribution in [0.2, 0.25) is 0 Å². The lowest BCUT2D eigenvalue weighted by Crippen LogP contribution is -2.19. The second-order valence-electron chi connectivity index (χ2n) is 4.29. The molecule has 104 valence electrons. The fourth-order valence-electron chi connectivity index (χ4n) is 1.32. The monoisotopic (exact) mass is 266 g/mol. The summed E-state index contributed by atoms with van der Waals surface area (Å²) in [6, 6.07) is 6.80. The van der Waals surface area contributed by atoms with Gasteiger partial charge in [0.2, 0.25) is 5.91 Å². The standard InChI is InChI=1S/C13H18N2O4/c1-15(2)7-8-19-11-5-3-10(4-6-11)14-12(16)9-13(17)18/h3-6H,7-9H2,1-2H3,(H,14,16)(H,17,18). The SMILES string of the molecule is CN(C)CCOc1ccc(NC(=O)CC(=O)O)cc1. The summed E-state index contributed by atoms with van der Waals surface area (Å²) in [5.74, 6) is -0.993. The van der Waals surface area contributed by atoms with Gasteiger partial charge in [-0.1, -0.05) is 0 Å². The molecule has 0 bridgehead atoms. The van der Waals surface area contributed by atoms with Crippen LogP contribution < -0.4 is 10.1 Å². The molecule has 0 fully saturated rings. The minimum Gasteiger partial charge on any atom is -0.492 e. The van der Waals surface area contributed by atoms with Gasteiger partial charge in [-0.25, -0.2) is 0 Å². The van der Waals surface area contributed by atoms with Gasteiger partial charge in [0.15, 0.2) is 0 Å². The van der Waals surface area contributed by atoms with Crippen LogP contribution in [0.25, 0.3) is 0 Å². The van der Waals surface area contributed by atoms with Crippen LogP contribution in [-0.4, -0.2) is 49.1 Å². The number of anilines is 1. The highest BCUT2D eigenvalue weighted by Crippen LogP contribution is 2.15. The van der Waals surface area contributed by atoms with Gasteiger partial charge in [-0.15, -0.1) is 0 Å². The number of carboxylic acids is 1. The highest BCUT2D eigenvalue weighted by Gasteiger charge is 2.07. The van der Waals surface area contributed by atoms with Gasteiger partial charge >= 0.3 is 5.97 Å². The molecule has 0 saturated heterocycles. The van der Waals surface area contributed by atoms with E-state index < -0.39 is 18.3 Å². The third-order valence-electron chi connectivity index (χ3n) is 2.26. The lowest BCUT2D eigenvalue weighted by Gasteiger charge is -2.11. The predicted molar refractivity (Wildman–Crippen MR) is 71.4 cm³/mol. The predicted octanol–water partition coefficient (Wildman–Crippen LogP) is 1.04. The summed E-state index contributed by atoms with van der Waals surface area (Å²) < 4.78 is 5.49. The zero-order valence-electron chi connectivity index (χ0n) is 11.0. The van der Waals surface area contributed by atoms with Crippen molar-refractivity contribution in [3.05, 3.63) is 24.3 Å². The highest BCUT2D eigenvalue weighted by molar-refractivity contribution is 6.01. The van der Waals surface area contributed by atoms with Crippen molar-refractivity contribution >= 4 is 17.6 Å². The molecule has 0 heterocycles. The van der Waals surface area contributed by atoms with Crippen molar-refractivity contribution in [3.8, 4) is 5.75 Å². The van der Waals surface area contributed by atoms with E-state index in [4.69, 9.17) is 9.84 Å². The second-order valence-corrected chi connectivity index (χ2v) is 4.29. The fourth-order valence-corrected chi connectivity index (χ4v) is 1.32. The molecule has 2 N–H and O–H groups in total. The van der Waals surface area contributed by atoms with Crippen LogP contribution in [0.15, 0.2) is 24.3 Å². The van der Waals surface area contributed by atoms with Gasteiger partial charge in [0.05, 0.1) is 0 Å². The van der Waals surface area contributed by atoms with Crippen LogP contribution >= 0.6 is 0 Å². The molecule has 1 rings (SSSR count). The molecule has 0 aliphatic heterocycles. The number of hydrogen-bond donors (Lipinski definition) is 2. The van der Waals surface area contributed by atoms with Gasteiger partial charge in [-0.3, -0.25) is 9.59 Å². The first-order chi connectivity index (χ1) is 8.97. The first-order valence-electron chi connectivity index (χ1n) is 5.86. The average molecular weight is 266 g/mol. The highest BCUT2D eigenvalue weighted by atomic mass is 16.5. The van der Waals surface area contributed by atoms with Gasteiger partial charge in [0, 0.05) is 12.2 Å². The van der Waals surface area contributed by atoms with E-state index in [9.17, 15) is 9.59 Å². The van der Waals surface area contributed by atoms with Crippen molar-refractivity contribution in [2.24, 2.45) is 0 Å². The Morgan fingerprint density at radius 2 is 1.89 bits per heavy atom. The van der Waals surface area contributed by atoms with Crippen LogP contribution in [0.5, 0.6) is 5.75 Å². The van der Waals surface area contributed by atoms with Crippen LogP contribution in [0.1, 0.15) is 6.42 Å². The van der Waals surface area contributed by atoms with Crippen molar-refractivity contribution in [1.29, 1.82) is 0 Å². The largest absolute Gasteiger partial charge is 0.492 e. The Bertz CT molecular complexity index is 429. The quantitative estimate of drug-likeness (QED) is 0.721. The average Bonchev–Trinajstić information content (AvgIpc) is 2.29. The summed E-state index contributed by atoms with van der Waals surface area (Å²) in [6.45, 7) is 1.40. The van der Waals surface area contributed by atoms with Crippen LogP contribution in [0.3, 0.4) is 0 Å². The van der Waals surface area contributed by atoms with Crippen LogP contribution in [0.4, 0.5) is 5.69 Å². The van der Waals surface area contributed by atoms with E-state index in [1.54, 1.807) is 24.3 Å². The van der Waals surface area contributed by atoms with Gasteiger partial charge in [-0.05, 0) is 38.4 Å². The molecular weight excluding hydrogens is 248 g/mol. The first kappa shape index (κ1) is 15.0. The summed E-state index contributed by atoms with van der Waals surface area (Å²) in [4.78, 5) is 23.6. The molecule has 1 aromatic carbocycles. The number of benzene rings is 1. The maximum Gasteiger partial charge on any atom is 0.312 e. The molecule has 0 aromatic heterocycles. The van der Waals surface area contributed by atoms with E-state index in [0.29, 0.717) is 18.0 Å². The Balaban J connectivity index is 2.43. The number of rotatable bonds is 7. The Labute approximate surface area is 112 Å². The Morgan fingerprint density at radius 3 is 2.42 bits per heavy atom. The van der Waals surface area contributed by atoms with E-state index in [1.807, 2.05) is 19.0 Å². The molecule has 0 atom stereocenters. The van der Waals surface area contributed by atoms with E-state index in [1.165, 1.54) is 0 Å². The third kappa shape index (κ3) is 6.42. The number of amides is 1.